The smallest absolute Gasteiger partial charge is 0.0663 e. The van der Waals surface area contributed by atoms with E-state index in [1.807, 2.05) is 0 Å². The first-order chi connectivity index (χ1) is 8.80. The van der Waals surface area contributed by atoms with Gasteiger partial charge in [-0.2, -0.15) is 0 Å². The molecule has 0 saturated heterocycles. The van der Waals surface area contributed by atoms with E-state index >= 15 is 0 Å². The molecule has 2 N–H and O–H groups in total. The van der Waals surface area contributed by atoms with Crippen LogP contribution < -0.4 is 5.32 Å². The fraction of sp³-hybridized carbons (Fsp3) is 0.571. The van der Waals surface area contributed by atoms with Crippen molar-refractivity contribution >= 4 is 17.4 Å². The molecule has 0 bridgehead atoms. The van der Waals surface area contributed by atoms with Crippen molar-refractivity contribution in [2.45, 2.75) is 30.7 Å². The van der Waals surface area contributed by atoms with Crippen LogP contribution in [0.3, 0.4) is 0 Å². The number of methoxy groups -OCH3 is 1. The Hall–Kier alpha value is -0.710. The van der Waals surface area contributed by atoms with Crippen molar-refractivity contribution in [3.05, 3.63) is 24.3 Å². The number of anilines is 1. The minimum absolute atomic E-state index is 0.266. The number of hydrogen-bond donors (Lipinski definition) is 2. The summed E-state index contributed by atoms with van der Waals surface area (Å²) in [6, 6.07) is 8.79. The average molecular weight is 269 g/mol. The van der Waals surface area contributed by atoms with Crippen molar-refractivity contribution < 1.29 is 9.84 Å². The van der Waals surface area contributed by atoms with Gasteiger partial charge >= 0.3 is 0 Å². The molecule has 0 radical (unpaired) electrons. The Bertz CT molecular complexity index is 316. The first-order valence-corrected chi connectivity index (χ1v) is 7.38. The minimum Gasteiger partial charge on any atom is -0.396 e. The molecule has 0 aliphatic carbocycles. The van der Waals surface area contributed by atoms with Crippen LogP contribution in [0.1, 0.15) is 19.8 Å². The van der Waals surface area contributed by atoms with E-state index in [-0.39, 0.29) is 6.61 Å². The van der Waals surface area contributed by atoms with Crippen LogP contribution in [0, 0.1) is 0 Å². The molecule has 0 heterocycles. The van der Waals surface area contributed by atoms with Gasteiger partial charge in [-0.15, -0.1) is 11.8 Å². The molecule has 3 nitrogen and oxygen atoms in total. The average Bonchev–Trinajstić information content (AvgIpc) is 2.40. The van der Waals surface area contributed by atoms with E-state index in [1.54, 1.807) is 18.9 Å². The lowest BCUT2D eigenvalue weighted by molar-refractivity contribution is 0.184. The molecule has 0 aromatic heterocycles. The second kappa shape index (κ2) is 9.25. The number of aliphatic hydroxyl groups excluding tert-OH is 1. The highest BCUT2D eigenvalue weighted by Gasteiger charge is 2.05. The fourth-order valence-electron chi connectivity index (χ4n) is 1.60. The van der Waals surface area contributed by atoms with Gasteiger partial charge in [0.05, 0.1) is 6.61 Å². The highest BCUT2D eigenvalue weighted by Crippen LogP contribution is 2.21. The first kappa shape index (κ1) is 15.3. The quantitative estimate of drug-likeness (QED) is 0.534. The van der Waals surface area contributed by atoms with Crippen molar-refractivity contribution in [3.63, 3.8) is 0 Å². The van der Waals surface area contributed by atoms with Gasteiger partial charge < -0.3 is 15.2 Å². The third kappa shape index (κ3) is 5.76. The van der Waals surface area contributed by atoms with Gasteiger partial charge in [-0.25, -0.2) is 0 Å². The lowest BCUT2D eigenvalue weighted by Gasteiger charge is -2.17. The Labute approximate surface area is 114 Å². The Kier molecular flexibility index (Phi) is 7.89. The number of nitrogens with one attached hydrogen (secondary N) is 1. The summed E-state index contributed by atoms with van der Waals surface area (Å²) in [6.45, 7) is 3.14. The second-order valence-corrected chi connectivity index (χ2v) is 5.32. The number of rotatable bonds is 9. The van der Waals surface area contributed by atoms with Crippen molar-refractivity contribution in [3.8, 4) is 0 Å². The summed E-state index contributed by atoms with van der Waals surface area (Å²) in [6.07, 6.45) is 1.89. The predicted molar refractivity (Wildman–Crippen MR) is 78.4 cm³/mol. The molecular formula is C14H23NO2S. The van der Waals surface area contributed by atoms with Crippen LogP contribution in [0.25, 0.3) is 0 Å². The van der Waals surface area contributed by atoms with E-state index in [9.17, 15) is 0 Å². The Morgan fingerprint density at radius 2 is 2.06 bits per heavy atom. The van der Waals surface area contributed by atoms with E-state index in [0.29, 0.717) is 6.04 Å². The molecule has 1 aromatic rings. The third-order valence-corrected chi connectivity index (χ3v) is 3.76. The number of hydrogen-bond acceptors (Lipinski definition) is 4. The van der Waals surface area contributed by atoms with Crippen molar-refractivity contribution in [1.29, 1.82) is 0 Å². The van der Waals surface area contributed by atoms with Crippen LogP contribution in [0.5, 0.6) is 0 Å². The van der Waals surface area contributed by atoms with Crippen LogP contribution in [0.15, 0.2) is 29.2 Å². The monoisotopic (exact) mass is 269 g/mol. The van der Waals surface area contributed by atoms with Crippen LogP contribution >= 0.6 is 11.8 Å². The maximum absolute atomic E-state index is 8.73. The van der Waals surface area contributed by atoms with Crippen LogP contribution in [0.2, 0.25) is 0 Å². The molecule has 1 unspecified atom stereocenters. The Morgan fingerprint density at radius 3 is 2.61 bits per heavy atom. The molecule has 1 rings (SSSR count). The molecule has 18 heavy (non-hydrogen) atoms. The van der Waals surface area contributed by atoms with Gasteiger partial charge in [-0.1, -0.05) is 6.92 Å². The van der Waals surface area contributed by atoms with E-state index in [4.69, 9.17) is 9.84 Å². The largest absolute Gasteiger partial charge is 0.396 e. The van der Waals surface area contributed by atoms with Crippen LogP contribution in [0.4, 0.5) is 5.69 Å². The summed E-state index contributed by atoms with van der Waals surface area (Å²) < 4.78 is 5.17. The molecule has 0 saturated carbocycles. The standard InChI is InChI=1S/C14H23NO2S/c1-3-12(11-17-2)15-13-5-7-14(8-6-13)18-10-4-9-16/h5-8,12,15-16H,3-4,9-11H2,1-2H3. The van der Waals surface area contributed by atoms with E-state index in [0.717, 1.165) is 30.9 Å². The highest BCUT2D eigenvalue weighted by atomic mass is 32.2. The highest BCUT2D eigenvalue weighted by molar-refractivity contribution is 7.99. The summed E-state index contributed by atoms with van der Waals surface area (Å²) in [5.41, 5.74) is 1.13. The second-order valence-electron chi connectivity index (χ2n) is 4.15. The van der Waals surface area contributed by atoms with Crippen LogP contribution in [-0.2, 0) is 4.74 Å². The van der Waals surface area contributed by atoms with Crippen molar-refractivity contribution in [2.24, 2.45) is 0 Å². The summed E-state index contributed by atoms with van der Waals surface area (Å²) in [4.78, 5) is 1.24. The third-order valence-electron chi connectivity index (χ3n) is 2.66. The number of benzene rings is 1. The van der Waals surface area contributed by atoms with E-state index in [2.05, 4.69) is 36.5 Å². The van der Waals surface area contributed by atoms with Gasteiger partial charge in [0.2, 0.25) is 0 Å². The molecule has 102 valence electrons. The molecule has 0 amide bonds. The zero-order chi connectivity index (χ0) is 13.2. The van der Waals surface area contributed by atoms with Gasteiger partial charge in [0.25, 0.3) is 0 Å². The SMILES string of the molecule is CCC(COC)Nc1ccc(SCCCO)cc1. The van der Waals surface area contributed by atoms with Gasteiger partial charge in [-0.05, 0) is 37.1 Å². The lowest BCUT2D eigenvalue weighted by Crippen LogP contribution is -2.23. The van der Waals surface area contributed by atoms with Crippen molar-refractivity contribution in [2.75, 3.05) is 31.4 Å². The molecule has 0 spiro atoms. The normalized spacial score (nSPS) is 12.4. The Balaban J connectivity index is 2.43. The number of thioether (sulfide) groups is 1. The topological polar surface area (TPSA) is 41.5 Å². The number of ether oxygens (including phenoxy) is 1. The number of aliphatic hydroxyl groups is 1. The fourth-order valence-corrected chi connectivity index (χ4v) is 2.44. The Morgan fingerprint density at radius 1 is 1.33 bits per heavy atom. The molecule has 0 aliphatic heterocycles. The summed E-state index contributed by atoms with van der Waals surface area (Å²) in [5.74, 6) is 0.963. The minimum atomic E-state index is 0.266. The van der Waals surface area contributed by atoms with Gasteiger partial charge in [0.1, 0.15) is 0 Å². The predicted octanol–water partition coefficient (Wildman–Crippen LogP) is 3.00. The molecule has 0 aliphatic rings. The molecule has 4 heteroatoms. The lowest BCUT2D eigenvalue weighted by atomic mass is 10.2. The first-order valence-electron chi connectivity index (χ1n) is 6.39. The summed E-state index contributed by atoms with van der Waals surface area (Å²) in [5, 5.41) is 12.2. The summed E-state index contributed by atoms with van der Waals surface area (Å²) >= 11 is 1.78. The zero-order valence-electron chi connectivity index (χ0n) is 11.2. The van der Waals surface area contributed by atoms with Gasteiger partial charge in [0.15, 0.2) is 0 Å². The van der Waals surface area contributed by atoms with Gasteiger partial charge in [0, 0.05) is 36.1 Å². The maximum Gasteiger partial charge on any atom is 0.0663 e. The van der Waals surface area contributed by atoms with Crippen molar-refractivity contribution in [1.82, 2.24) is 0 Å². The van der Waals surface area contributed by atoms with Crippen LogP contribution in [-0.4, -0.2) is 37.2 Å². The molecule has 0 fully saturated rings. The molecular weight excluding hydrogens is 246 g/mol. The zero-order valence-corrected chi connectivity index (χ0v) is 12.0. The molecule has 1 aromatic carbocycles. The van der Waals surface area contributed by atoms with Gasteiger partial charge in [-0.3, -0.25) is 0 Å². The van der Waals surface area contributed by atoms with E-state index in [1.165, 1.54) is 4.90 Å². The molecule has 1 atom stereocenters. The van der Waals surface area contributed by atoms with E-state index < -0.39 is 0 Å². The maximum atomic E-state index is 8.73. The summed E-state index contributed by atoms with van der Waals surface area (Å²) in [7, 11) is 1.73.